The summed E-state index contributed by atoms with van der Waals surface area (Å²) >= 11 is 0. The lowest BCUT2D eigenvalue weighted by molar-refractivity contribution is -0.137. The quantitative estimate of drug-likeness (QED) is 0.890. The molecule has 1 N–H and O–H groups in total. The van der Waals surface area contributed by atoms with E-state index in [-0.39, 0.29) is 24.4 Å². The van der Waals surface area contributed by atoms with Crippen LogP contribution in [0.4, 0.5) is 0 Å². The predicted molar refractivity (Wildman–Crippen MR) is 83.9 cm³/mol. The molecule has 1 aliphatic carbocycles. The van der Waals surface area contributed by atoms with E-state index in [1.54, 1.807) is 21.8 Å². The van der Waals surface area contributed by atoms with Gasteiger partial charge in [-0.15, -0.1) is 0 Å². The summed E-state index contributed by atoms with van der Waals surface area (Å²) in [6, 6.07) is 1.98. The number of carbonyl (C=O) groups excluding carboxylic acids is 2. The van der Waals surface area contributed by atoms with Crippen molar-refractivity contribution in [1.29, 1.82) is 0 Å². The van der Waals surface area contributed by atoms with Crippen molar-refractivity contribution in [2.24, 2.45) is 0 Å². The van der Waals surface area contributed by atoms with E-state index in [0.29, 0.717) is 18.8 Å². The van der Waals surface area contributed by atoms with Gasteiger partial charge in [0.15, 0.2) is 6.10 Å². The molecule has 1 saturated heterocycles. The van der Waals surface area contributed by atoms with Gasteiger partial charge in [-0.2, -0.15) is 5.10 Å². The van der Waals surface area contributed by atoms with Gasteiger partial charge in [-0.05, 0) is 25.8 Å². The second kappa shape index (κ2) is 7.12. The zero-order valence-corrected chi connectivity index (χ0v) is 13.5. The summed E-state index contributed by atoms with van der Waals surface area (Å²) in [7, 11) is 0. The lowest BCUT2D eigenvalue weighted by Gasteiger charge is -2.32. The molecule has 126 valence electrons. The molecule has 2 heterocycles. The third-order valence-corrected chi connectivity index (χ3v) is 4.53. The molecular weight excluding hydrogens is 296 g/mol. The van der Waals surface area contributed by atoms with Crippen LogP contribution in [0.2, 0.25) is 0 Å². The van der Waals surface area contributed by atoms with Crippen LogP contribution in [0.5, 0.6) is 0 Å². The van der Waals surface area contributed by atoms with Gasteiger partial charge < -0.3 is 15.0 Å². The normalized spacial score (nSPS) is 22.3. The van der Waals surface area contributed by atoms with Crippen LogP contribution in [0.1, 0.15) is 43.1 Å². The van der Waals surface area contributed by atoms with Crippen molar-refractivity contribution in [3.05, 3.63) is 18.0 Å². The highest BCUT2D eigenvalue weighted by Gasteiger charge is 2.31. The van der Waals surface area contributed by atoms with Crippen LogP contribution in [-0.2, 0) is 16.1 Å². The Labute approximate surface area is 136 Å². The van der Waals surface area contributed by atoms with Crippen molar-refractivity contribution in [3.8, 4) is 0 Å². The Morgan fingerprint density at radius 1 is 1.39 bits per heavy atom. The molecule has 1 saturated carbocycles. The number of rotatable bonds is 4. The van der Waals surface area contributed by atoms with Gasteiger partial charge in [-0.1, -0.05) is 12.8 Å². The Hall–Kier alpha value is -1.89. The number of hydrogen-bond donors (Lipinski definition) is 1. The minimum absolute atomic E-state index is 0.103. The fraction of sp³-hybridized carbons (Fsp3) is 0.688. The molecule has 7 nitrogen and oxygen atoms in total. The Bertz CT molecular complexity index is 565. The molecule has 2 fully saturated rings. The van der Waals surface area contributed by atoms with Crippen molar-refractivity contribution in [2.75, 3.05) is 19.7 Å². The van der Waals surface area contributed by atoms with Crippen LogP contribution in [0.25, 0.3) is 0 Å². The second-order valence-corrected chi connectivity index (χ2v) is 6.16. The molecular formula is C16H24N4O3. The second-order valence-electron chi connectivity index (χ2n) is 6.16. The summed E-state index contributed by atoms with van der Waals surface area (Å²) in [6.45, 7) is 3.85. The number of hydrogen-bond acceptors (Lipinski definition) is 4. The predicted octanol–water partition coefficient (Wildman–Crippen LogP) is 0.803. The maximum Gasteiger partial charge on any atom is 0.274 e. The van der Waals surface area contributed by atoms with Gasteiger partial charge >= 0.3 is 0 Å². The highest BCUT2D eigenvalue weighted by molar-refractivity contribution is 5.93. The SMILES string of the molecule is CCn1ccc(C(=O)N2CCO[C@@H](C(=O)NC3CCCC3)C2)n1. The summed E-state index contributed by atoms with van der Waals surface area (Å²) in [5, 5.41) is 7.28. The topological polar surface area (TPSA) is 76.5 Å². The Morgan fingerprint density at radius 2 is 2.17 bits per heavy atom. The average Bonchev–Trinajstić information content (AvgIpc) is 3.25. The number of nitrogens with one attached hydrogen (secondary N) is 1. The van der Waals surface area contributed by atoms with Gasteiger partial charge in [0.25, 0.3) is 11.8 Å². The van der Waals surface area contributed by atoms with Crippen molar-refractivity contribution in [3.63, 3.8) is 0 Å². The number of amides is 2. The smallest absolute Gasteiger partial charge is 0.274 e. The molecule has 2 aliphatic rings. The minimum atomic E-state index is -0.582. The molecule has 1 atom stereocenters. The number of nitrogens with zero attached hydrogens (tertiary/aromatic N) is 3. The molecule has 1 aliphatic heterocycles. The first-order valence-corrected chi connectivity index (χ1v) is 8.42. The Kier molecular flexibility index (Phi) is 4.95. The van der Waals surface area contributed by atoms with Gasteiger partial charge in [-0.3, -0.25) is 14.3 Å². The van der Waals surface area contributed by atoms with Gasteiger partial charge in [0.2, 0.25) is 0 Å². The maximum absolute atomic E-state index is 12.5. The molecule has 2 amide bonds. The molecule has 0 unspecified atom stereocenters. The maximum atomic E-state index is 12.5. The standard InChI is InChI=1S/C16H24N4O3/c1-2-20-8-7-13(18-20)16(22)19-9-10-23-14(11-19)15(21)17-12-5-3-4-6-12/h7-8,12,14H,2-6,9-11H2,1H3,(H,17,21)/t14-/m1/s1. The van der Waals surface area contributed by atoms with Gasteiger partial charge in [0, 0.05) is 25.3 Å². The third-order valence-electron chi connectivity index (χ3n) is 4.53. The van der Waals surface area contributed by atoms with Crippen LogP contribution in [0.3, 0.4) is 0 Å². The fourth-order valence-electron chi connectivity index (χ4n) is 3.17. The zero-order valence-electron chi connectivity index (χ0n) is 13.5. The minimum Gasteiger partial charge on any atom is -0.365 e. The summed E-state index contributed by atoms with van der Waals surface area (Å²) in [5.74, 6) is -0.243. The molecule has 0 radical (unpaired) electrons. The van der Waals surface area contributed by atoms with E-state index in [0.717, 1.165) is 19.4 Å². The lowest BCUT2D eigenvalue weighted by atomic mass is 10.2. The first-order valence-electron chi connectivity index (χ1n) is 8.42. The summed E-state index contributed by atoms with van der Waals surface area (Å²) < 4.78 is 7.28. The first-order chi connectivity index (χ1) is 11.2. The molecule has 23 heavy (non-hydrogen) atoms. The zero-order chi connectivity index (χ0) is 16.2. The summed E-state index contributed by atoms with van der Waals surface area (Å²) in [5.41, 5.74) is 0.420. The van der Waals surface area contributed by atoms with E-state index in [9.17, 15) is 9.59 Å². The van der Waals surface area contributed by atoms with E-state index < -0.39 is 6.10 Å². The monoisotopic (exact) mass is 320 g/mol. The van der Waals surface area contributed by atoms with E-state index in [1.807, 2.05) is 6.92 Å². The molecule has 0 aromatic carbocycles. The highest BCUT2D eigenvalue weighted by atomic mass is 16.5. The molecule has 3 rings (SSSR count). The van der Waals surface area contributed by atoms with E-state index >= 15 is 0 Å². The highest BCUT2D eigenvalue weighted by Crippen LogP contribution is 2.18. The largest absolute Gasteiger partial charge is 0.365 e. The van der Waals surface area contributed by atoms with Crippen molar-refractivity contribution in [2.45, 2.75) is 51.3 Å². The van der Waals surface area contributed by atoms with E-state index in [1.165, 1.54) is 12.8 Å². The van der Waals surface area contributed by atoms with Crippen molar-refractivity contribution >= 4 is 11.8 Å². The van der Waals surface area contributed by atoms with Crippen LogP contribution < -0.4 is 5.32 Å². The average molecular weight is 320 g/mol. The van der Waals surface area contributed by atoms with E-state index in [2.05, 4.69) is 10.4 Å². The van der Waals surface area contributed by atoms with Gasteiger partial charge in [0.05, 0.1) is 13.2 Å². The number of carbonyl (C=O) groups is 2. The van der Waals surface area contributed by atoms with Crippen molar-refractivity contribution in [1.82, 2.24) is 20.0 Å². The molecule has 1 aromatic heterocycles. The number of morpholine rings is 1. The lowest BCUT2D eigenvalue weighted by Crippen LogP contribution is -2.53. The Morgan fingerprint density at radius 3 is 2.87 bits per heavy atom. The number of aromatic nitrogens is 2. The van der Waals surface area contributed by atoms with Crippen LogP contribution in [0, 0.1) is 0 Å². The van der Waals surface area contributed by atoms with Crippen LogP contribution in [0.15, 0.2) is 12.3 Å². The Balaban J connectivity index is 1.58. The van der Waals surface area contributed by atoms with E-state index in [4.69, 9.17) is 4.74 Å². The van der Waals surface area contributed by atoms with Crippen molar-refractivity contribution < 1.29 is 14.3 Å². The molecule has 0 bridgehead atoms. The number of aryl methyl sites for hydroxylation is 1. The molecule has 1 aromatic rings. The summed E-state index contributed by atoms with van der Waals surface area (Å²) in [4.78, 5) is 26.5. The fourth-order valence-corrected chi connectivity index (χ4v) is 3.17. The molecule has 0 spiro atoms. The van der Waals surface area contributed by atoms with Gasteiger partial charge in [-0.25, -0.2) is 0 Å². The van der Waals surface area contributed by atoms with Crippen LogP contribution in [-0.4, -0.2) is 58.3 Å². The number of ether oxygens (including phenoxy) is 1. The van der Waals surface area contributed by atoms with Crippen LogP contribution >= 0.6 is 0 Å². The third kappa shape index (κ3) is 3.72. The summed E-state index contributed by atoms with van der Waals surface area (Å²) in [6.07, 6.45) is 5.62. The molecule has 7 heteroatoms. The van der Waals surface area contributed by atoms with Gasteiger partial charge in [0.1, 0.15) is 5.69 Å². The first kappa shape index (κ1) is 16.0.